The molecule has 0 spiro atoms. The SMILES string of the molecule is CC(C)CCNC(=O)C(C)NCc1cc(F)ccc1Br. The molecule has 1 amide bonds. The summed E-state index contributed by atoms with van der Waals surface area (Å²) in [7, 11) is 0. The minimum Gasteiger partial charge on any atom is -0.355 e. The Morgan fingerprint density at radius 3 is 2.70 bits per heavy atom. The molecule has 1 atom stereocenters. The summed E-state index contributed by atoms with van der Waals surface area (Å²) in [6.45, 7) is 7.17. The number of halogens is 2. The largest absolute Gasteiger partial charge is 0.355 e. The first-order valence-electron chi connectivity index (χ1n) is 6.85. The van der Waals surface area contributed by atoms with E-state index in [1.165, 1.54) is 12.1 Å². The van der Waals surface area contributed by atoms with Gasteiger partial charge in [0.25, 0.3) is 0 Å². The summed E-state index contributed by atoms with van der Waals surface area (Å²) in [6, 6.07) is 4.22. The summed E-state index contributed by atoms with van der Waals surface area (Å²) >= 11 is 3.37. The minimum atomic E-state index is -0.308. The first-order chi connectivity index (χ1) is 9.40. The topological polar surface area (TPSA) is 41.1 Å². The van der Waals surface area contributed by atoms with E-state index in [1.807, 2.05) is 0 Å². The van der Waals surface area contributed by atoms with Gasteiger partial charge in [-0.25, -0.2) is 4.39 Å². The van der Waals surface area contributed by atoms with Crippen LogP contribution in [0.15, 0.2) is 22.7 Å². The number of carbonyl (C=O) groups excluding carboxylic acids is 1. The van der Waals surface area contributed by atoms with E-state index in [0.29, 0.717) is 19.0 Å². The standard InChI is InChI=1S/C15H22BrFN2O/c1-10(2)6-7-18-15(20)11(3)19-9-12-8-13(17)4-5-14(12)16/h4-5,8,10-11,19H,6-7,9H2,1-3H3,(H,18,20). The Balaban J connectivity index is 2.40. The van der Waals surface area contributed by atoms with Crippen molar-refractivity contribution in [1.29, 1.82) is 0 Å². The molecule has 1 aromatic carbocycles. The highest BCUT2D eigenvalue weighted by Crippen LogP contribution is 2.17. The van der Waals surface area contributed by atoms with Crippen LogP contribution >= 0.6 is 15.9 Å². The van der Waals surface area contributed by atoms with Crippen molar-refractivity contribution in [2.75, 3.05) is 6.54 Å². The van der Waals surface area contributed by atoms with Crippen LogP contribution in [0.25, 0.3) is 0 Å². The molecule has 0 heterocycles. The highest BCUT2D eigenvalue weighted by atomic mass is 79.9. The Hall–Kier alpha value is -0.940. The van der Waals surface area contributed by atoms with E-state index in [-0.39, 0.29) is 17.8 Å². The lowest BCUT2D eigenvalue weighted by Gasteiger charge is -2.15. The van der Waals surface area contributed by atoms with Crippen LogP contribution in [0.3, 0.4) is 0 Å². The van der Waals surface area contributed by atoms with Crippen molar-refractivity contribution in [3.05, 3.63) is 34.1 Å². The van der Waals surface area contributed by atoms with E-state index in [2.05, 4.69) is 40.4 Å². The number of hydrogen-bond donors (Lipinski definition) is 2. The molecule has 5 heteroatoms. The van der Waals surface area contributed by atoms with Crippen molar-refractivity contribution in [2.45, 2.75) is 39.8 Å². The summed E-state index contributed by atoms with van der Waals surface area (Å²) in [5, 5.41) is 5.98. The Bertz CT molecular complexity index is 451. The molecule has 1 aromatic rings. The summed E-state index contributed by atoms with van der Waals surface area (Å²) in [5.74, 6) is 0.263. The molecule has 0 fully saturated rings. The summed E-state index contributed by atoms with van der Waals surface area (Å²) in [6.07, 6.45) is 0.966. The molecule has 0 saturated carbocycles. The van der Waals surface area contributed by atoms with Crippen LogP contribution in [0.2, 0.25) is 0 Å². The van der Waals surface area contributed by atoms with Crippen LogP contribution in [-0.2, 0) is 11.3 Å². The molecule has 2 N–H and O–H groups in total. The second kappa shape index (κ2) is 8.37. The fourth-order valence-corrected chi connectivity index (χ4v) is 2.06. The molecule has 0 aliphatic carbocycles. The molecular formula is C15H22BrFN2O. The maximum absolute atomic E-state index is 13.1. The van der Waals surface area contributed by atoms with Gasteiger partial charge in [0.15, 0.2) is 0 Å². The van der Waals surface area contributed by atoms with E-state index >= 15 is 0 Å². The Morgan fingerprint density at radius 1 is 1.35 bits per heavy atom. The molecule has 0 aliphatic rings. The van der Waals surface area contributed by atoms with E-state index in [4.69, 9.17) is 0 Å². The van der Waals surface area contributed by atoms with Crippen molar-refractivity contribution in [1.82, 2.24) is 10.6 Å². The van der Waals surface area contributed by atoms with Gasteiger partial charge in [0.2, 0.25) is 5.91 Å². The van der Waals surface area contributed by atoms with E-state index < -0.39 is 0 Å². The lowest BCUT2D eigenvalue weighted by Crippen LogP contribution is -2.42. The molecule has 0 aromatic heterocycles. The number of benzene rings is 1. The number of amides is 1. The van der Waals surface area contributed by atoms with Gasteiger partial charge in [-0.1, -0.05) is 29.8 Å². The zero-order valence-electron chi connectivity index (χ0n) is 12.2. The van der Waals surface area contributed by atoms with E-state index in [9.17, 15) is 9.18 Å². The normalized spacial score (nSPS) is 12.5. The van der Waals surface area contributed by atoms with Crippen molar-refractivity contribution in [2.24, 2.45) is 5.92 Å². The van der Waals surface area contributed by atoms with Gasteiger partial charge in [-0.05, 0) is 43.0 Å². The smallest absolute Gasteiger partial charge is 0.236 e. The minimum absolute atomic E-state index is 0.0295. The number of hydrogen-bond acceptors (Lipinski definition) is 2. The first kappa shape index (κ1) is 17.1. The van der Waals surface area contributed by atoms with Crippen LogP contribution in [0.1, 0.15) is 32.8 Å². The van der Waals surface area contributed by atoms with Crippen molar-refractivity contribution in [3.63, 3.8) is 0 Å². The Morgan fingerprint density at radius 2 is 2.05 bits per heavy atom. The fourth-order valence-electron chi connectivity index (χ4n) is 1.67. The van der Waals surface area contributed by atoms with Crippen molar-refractivity contribution in [3.8, 4) is 0 Å². The Labute approximate surface area is 128 Å². The highest BCUT2D eigenvalue weighted by molar-refractivity contribution is 9.10. The van der Waals surface area contributed by atoms with Crippen molar-refractivity contribution < 1.29 is 9.18 Å². The van der Waals surface area contributed by atoms with Gasteiger partial charge in [0.1, 0.15) is 5.82 Å². The molecule has 0 bridgehead atoms. The average molecular weight is 345 g/mol. The summed E-state index contributed by atoms with van der Waals surface area (Å²) in [4.78, 5) is 11.8. The van der Waals surface area contributed by atoms with Gasteiger partial charge >= 0.3 is 0 Å². The predicted octanol–water partition coefficient (Wildman–Crippen LogP) is 3.23. The monoisotopic (exact) mass is 344 g/mol. The summed E-state index contributed by atoms with van der Waals surface area (Å²) in [5.41, 5.74) is 0.798. The molecule has 112 valence electrons. The van der Waals surface area contributed by atoms with Gasteiger partial charge in [-0.2, -0.15) is 0 Å². The first-order valence-corrected chi connectivity index (χ1v) is 7.64. The third-order valence-electron chi connectivity index (χ3n) is 3.02. The summed E-state index contributed by atoms with van der Waals surface area (Å²) < 4.78 is 14.0. The molecule has 0 radical (unpaired) electrons. The second-order valence-corrected chi connectivity index (χ2v) is 6.17. The molecule has 1 unspecified atom stereocenters. The van der Waals surface area contributed by atoms with Crippen molar-refractivity contribution >= 4 is 21.8 Å². The Kier molecular flexibility index (Phi) is 7.16. The van der Waals surface area contributed by atoms with E-state index in [0.717, 1.165) is 16.5 Å². The molecule has 3 nitrogen and oxygen atoms in total. The maximum atomic E-state index is 13.1. The van der Waals surface area contributed by atoms with E-state index in [1.54, 1.807) is 13.0 Å². The predicted molar refractivity (Wildman–Crippen MR) is 82.9 cm³/mol. The number of carbonyl (C=O) groups is 1. The maximum Gasteiger partial charge on any atom is 0.236 e. The van der Waals surface area contributed by atoms with Gasteiger partial charge in [-0.3, -0.25) is 4.79 Å². The van der Waals surface area contributed by atoms with Crippen LogP contribution in [0.5, 0.6) is 0 Å². The fraction of sp³-hybridized carbons (Fsp3) is 0.533. The van der Waals surface area contributed by atoms with Crippen LogP contribution < -0.4 is 10.6 Å². The van der Waals surface area contributed by atoms with Crippen LogP contribution in [0.4, 0.5) is 4.39 Å². The van der Waals surface area contributed by atoms with Gasteiger partial charge in [-0.15, -0.1) is 0 Å². The molecule has 0 saturated heterocycles. The van der Waals surface area contributed by atoms with Gasteiger partial charge in [0.05, 0.1) is 6.04 Å². The lowest BCUT2D eigenvalue weighted by molar-refractivity contribution is -0.122. The quantitative estimate of drug-likeness (QED) is 0.797. The molecule has 0 aliphatic heterocycles. The third-order valence-corrected chi connectivity index (χ3v) is 3.79. The molecular weight excluding hydrogens is 323 g/mol. The average Bonchev–Trinajstić information content (AvgIpc) is 2.38. The lowest BCUT2D eigenvalue weighted by atomic mass is 10.1. The zero-order valence-corrected chi connectivity index (χ0v) is 13.8. The van der Waals surface area contributed by atoms with Gasteiger partial charge in [0, 0.05) is 17.6 Å². The zero-order chi connectivity index (χ0) is 15.1. The van der Waals surface area contributed by atoms with Gasteiger partial charge < -0.3 is 10.6 Å². The molecule has 1 rings (SSSR count). The third kappa shape index (κ3) is 6.01. The number of nitrogens with one attached hydrogen (secondary N) is 2. The highest BCUT2D eigenvalue weighted by Gasteiger charge is 2.12. The second-order valence-electron chi connectivity index (χ2n) is 5.31. The van der Waals surface area contributed by atoms with Crippen LogP contribution in [-0.4, -0.2) is 18.5 Å². The number of rotatable bonds is 7. The van der Waals surface area contributed by atoms with Crippen LogP contribution in [0, 0.1) is 11.7 Å². The molecule has 20 heavy (non-hydrogen) atoms.